The van der Waals surface area contributed by atoms with Gasteiger partial charge in [-0.15, -0.1) is 24.8 Å². The van der Waals surface area contributed by atoms with Crippen LogP contribution in [-0.2, 0) is 4.79 Å². The van der Waals surface area contributed by atoms with Gasteiger partial charge in [0.15, 0.2) is 0 Å². The van der Waals surface area contributed by atoms with Crippen molar-refractivity contribution in [3.63, 3.8) is 0 Å². The highest BCUT2D eigenvalue weighted by Crippen LogP contribution is 2.23. The minimum absolute atomic E-state index is 0. The van der Waals surface area contributed by atoms with E-state index in [1.54, 1.807) is 0 Å². The number of hydrogen-bond acceptors (Lipinski definition) is 3. The Balaban J connectivity index is 0.00000180. The molecule has 1 fully saturated rings. The summed E-state index contributed by atoms with van der Waals surface area (Å²) in [7, 11) is 0. The molecule has 0 radical (unpaired) electrons. The summed E-state index contributed by atoms with van der Waals surface area (Å²) in [5.74, 6) is -0.117. The van der Waals surface area contributed by atoms with Crippen LogP contribution in [0.5, 0.6) is 0 Å². The van der Waals surface area contributed by atoms with Crippen LogP contribution in [0.25, 0.3) is 0 Å². The largest absolute Gasteiger partial charge is 0.372 e. The quantitative estimate of drug-likeness (QED) is 0.895. The van der Waals surface area contributed by atoms with Crippen LogP contribution in [0.3, 0.4) is 0 Å². The van der Waals surface area contributed by atoms with Gasteiger partial charge in [0.05, 0.1) is 12.6 Å². The number of nitrogens with one attached hydrogen (secondary N) is 1. The van der Waals surface area contributed by atoms with E-state index in [0.717, 1.165) is 18.7 Å². The molecule has 0 aromatic heterocycles. The van der Waals surface area contributed by atoms with Crippen LogP contribution in [0.1, 0.15) is 31.4 Å². The molecule has 0 aliphatic carbocycles. The normalized spacial score (nSPS) is 15.0. The third-order valence-corrected chi connectivity index (χ3v) is 3.40. The van der Waals surface area contributed by atoms with Crippen LogP contribution in [0, 0.1) is 0 Å². The summed E-state index contributed by atoms with van der Waals surface area (Å²) >= 11 is 0. The summed E-state index contributed by atoms with van der Waals surface area (Å²) in [6, 6.07) is 8.39. The summed E-state index contributed by atoms with van der Waals surface area (Å²) in [5.41, 5.74) is 7.68. The summed E-state index contributed by atoms with van der Waals surface area (Å²) in [4.78, 5) is 13.7. The molecule has 1 saturated heterocycles. The van der Waals surface area contributed by atoms with Gasteiger partial charge in [0.1, 0.15) is 0 Å². The highest BCUT2D eigenvalue weighted by atomic mass is 35.5. The monoisotopic (exact) mass is 319 g/mol. The third-order valence-electron chi connectivity index (χ3n) is 3.40. The lowest BCUT2D eigenvalue weighted by Gasteiger charge is -2.20. The molecular formula is C14H23Cl2N3O. The third kappa shape index (κ3) is 4.85. The Labute approximate surface area is 132 Å². The zero-order valence-corrected chi connectivity index (χ0v) is 13.3. The van der Waals surface area contributed by atoms with Gasteiger partial charge < -0.3 is 16.0 Å². The standard InChI is InChI=1S/C14H21N3O.2ClH/c1-11(16-14(18)10-15)12-5-4-6-13(9-12)17-7-2-3-8-17;;/h4-6,9,11H,2-3,7-8,10,15H2,1H3,(H,16,18);2*1H. The molecule has 0 bridgehead atoms. The van der Waals surface area contributed by atoms with E-state index in [1.807, 2.05) is 19.1 Å². The number of halogens is 2. The van der Waals surface area contributed by atoms with Crippen molar-refractivity contribution in [2.45, 2.75) is 25.8 Å². The summed E-state index contributed by atoms with van der Waals surface area (Å²) in [5, 5.41) is 2.88. The van der Waals surface area contributed by atoms with E-state index in [1.165, 1.54) is 18.5 Å². The zero-order valence-electron chi connectivity index (χ0n) is 11.7. The van der Waals surface area contributed by atoms with Gasteiger partial charge in [-0.2, -0.15) is 0 Å². The smallest absolute Gasteiger partial charge is 0.234 e. The predicted octanol–water partition coefficient (Wildman–Crippen LogP) is 2.27. The van der Waals surface area contributed by atoms with Crippen molar-refractivity contribution in [2.75, 3.05) is 24.5 Å². The molecule has 1 atom stereocenters. The molecule has 20 heavy (non-hydrogen) atoms. The Hall–Kier alpha value is -0.970. The number of carbonyl (C=O) groups is 1. The van der Waals surface area contributed by atoms with E-state index in [0.29, 0.717) is 0 Å². The molecule has 114 valence electrons. The van der Waals surface area contributed by atoms with Gasteiger partial charge in [0.2, 0.25) is 5.91 Å². The van der Waals surface area contributed by atoms with Crippen LogP contribution in [0.2, 0.25) is 0 Å². The number of benzene rings is 1. The number of carbonyl (C=O) groups excluding carboxylic acids is 1. The highest BCUT2D eigenvalue weighted by molar-refractivity contribution is 5.85. The maximum atomic E-state index is 11.3. The van der Waals surface area contributed by atoms with Crippen molar-refractivity contribution < 1.29 is 4.79 Å². The second kappa shape index (κ2) is 9.06. The van der Waals surface area contributed by atoms with Gasteiger partial charge in [-0.3, -0.25) is 4.79 Å². The first-order chi connectivity index (χ1) is 8.70. The van der Waals surface area contributed by atoms with Crippen molar-refractivity contribution in [1.29, 1.82) is 0 Å². The van der Waals surface area contributed by atoms with Crippen molar-refractivity contribution in [2.24, 2.45) is 5.73 Å². The Morgan fingerprint density at radius 2 is 2.00 bits per heavy atom. The van der Waals surface area contributed by atoms with Gasteiger partial charge >= 0.3 is 0 Å². The van der Waals surface area contributed by atoms with Gasteiger partial charge in [0, 0.05) is 18.8 Å². The minimum Gasteiger partial charge on any atom is -0.372 e. The Bertz CT molecular complexity index is 423. The summed E-state index contributed by atoms with van der Waals surface area (Å²) < 4.78 is 0. The Morgan fingerprint density at radius 1 is 1.35 bits per heavy atom. The molecule has 0 saturated carbocycles. The topological polar surface area (TPSA) is 58.4 Å². The summed E-state index contributed by atoms with van der Waals surface area (Å²) in [6.45, 7) is 4.28. The fourth-order valence-corrected chi connectivity index (χ4v) is 2.35. The van der Waals surface area contributed by atoms with Gasteiger partial charge in [0.25, 0.3) is 0 Å². The average molecular weight is 320 g/mol. The molecule has 1 aliphatic rings. The molecule has 3 N–H and O–H groups in total. The first-order valence-electron chi connectivity index (χ1n) is 6.55. The van der Waals surface area contributed by atoms with Gasteiger partial charge in [-0.05, 0) is 37.5 Å². The zero-order chi connectivity index (χ0) is 13.0. The maximum absolute atomic E-state index is 11.3. The molecule has 2 rings (SSSR count). The van der Waals surface area contributed by atoms with Crippen LogP contribution in [0.4, 0.5) is 5.69 Å². The fourth-order valence-electron chi connectivity index (χ4n) is 2.35. The molecule has 6 heteroatoms. The molecule has 1 aliphatic heterocycles. The molecule has 1 aromatic carbocycles. The Morgan fingerprint density at radius 3 is 2.60 bits per heavy atom. The lowest BCUT2D eigenvalue weighted by molar-refractivity contribution is -0.120. The second-order valence-corrected chi connectivity index (χ2v) is 4.78. The van der Waals surface area contributed by atoms with E-state index in [9.17, 15) is 4.79 Å². The maximum Gasteiger partial charge on any atom is 0.234 e. The first kappa shape index (κ1) is 19.0. The Kier molecular flexibility index (Phi) is 8.62. The molecule has 4 nitrogen and oxygen atoms in total. The van der Waals surface area contributed by atoms with Crippen LogP contribution in [0.15, 0.2) is 24.3 Å². The molecule has 1 amide bonds. The number of hydrogen-bond donors (Lipinski definition) is 2. The van der Waals surface area contributed by atoms with Crippen LogP contribution >= 0.6 is 24.8 Å². The van der Waals surface area contributed by atoms with Crippen molar-refractivity contribution in [3.05, 3.63) is 29.8 Å². The molecule has 1 heterocycles. The van der Waals surface area contributed by atoms with Crippen molar-refractivity contribution in [3.8, 4) is 0 Å². The average Bonchev–Trinajstić information content (AvgIpc) is 2.92. The SMILES string of the molecule is CC(NC(=O)CN)c1cccc(N2CCCC2)c1.Cl.Cl. The number of nitrogens with zero attached hydrogens (tertiary/aromatic N) is 1. The summed E-state index contributed by atoms with van der Waals surface area (Å²) in [6.07, 6.45) is 2.54. The van der Waals surface area contributed by atoms with E-state index >= 15 is 0 Å². The minimum atomic E-state index is -0.117. The second-order valence-electron chi connectivity index (χ2n) is 4.78. The van der Waals surface area contributed by atoms with Crippen molar-refractivity contribution >= 4 is 36.4 Å². The first-order valence-corrected chi connectivity index (χ1v) is 6.55. The molecular weight excluding hydrogens is 297 g/mol. The fraction of sp³-hybridized carbons (Fsp3) is 0.500. The van der Waals surface area contributed by atoms with E-state index in [2.05, 4.69) is 22.3 Å². The lowest BCUT2D eigenvalue weighted by atomic mass is 10.1. The predicted molar refractivity (Wildman–Crippen MR) is 88.0 cm³/mol. The molecule has 1 unspecified atom stereocenters. The number of nitrogens with two attached hydrogens (primary N) is 1. The van der Waals surface area contributed by atoms with Crippen molar-refractivity contribution in [1.82, 2.24) is 5.32 Å². The highest BCUT2D eigenvalue weighted by Gasteiger charge is 2.14. The van der Waals surface area contributed by atoms with E-state index in [4.69, 9.17) is 5.73 Å². The van der Waals surface area contributed by atoms with Gasteiger partial charge in [-0.25, -0.2) is 0 Å². The van der Waals surface area contributed by atoms with E-state index in [-0.39, 0.29) is 43.3 Å². The molecule has 1 aromatic rings. The lowest BCUT2D eigenvalue weighted by Crippen LogP contribution is -2.32. The number of anilines is 1. The van der Waals surface area contributed by atoms with Crippen LogP contribution in [-0.4, -0.2) is 25.5 Å². The number of rotatable bonds is 4. The van der Waals surface area contributed by atoms with Crippen LogP contribution < -0.4 is 16.0 Å². The molecule has 0 spiro atoms. The number of amides is 1. The van der Waals surface area contributed by atoms with Gasteiger partial charge in [-0.1, -0.05) is 12.1 Å². The van der Waals surface area contributed by atoms with E-state index < -0.39 is 0 Å².